The van der Waals surface area contributed by atoms with Crippen LogP contribution in [0.5, 0.6) is 5.75 Å². The number of para-hydroxylation sites is 1. The van der Waals surface area contributed by atoms with Crippen LogP contribution >= 0.6 is 0 Å². The Morgan fingerprint density at radius 2 is 1.78 bits per heavy atom. The zero-order valence-electron chi connectivity index (χ0n) is 18.7. The molecule has 6 nitrogen and oxygen atoms in total. The van der Waals surface area contributed by atoms with Crippen LogP contribution < -0.4 is 4.74 Å². The van der Waals surface area contributed by atoms with Crippen molar-refractivity contribution in [2.75, 3.05) is 13.2 Å². The Balaban J connectivity index is 1.89. The van der Waals surface area contributed by atoms with Gasteiger partial charge in [0.2, 0.25) is 0 Å². The van der Waals surface area contributed by atoms with Crippen molar-refractivity contribution in [2.45, 2.75) is 32.7 Å². The number of rotatable bonds is 7. The van der Waals surface area contributed by atoms with E-state index in [2.05, 4.69) is 0 Å². The lowest BCUT2D eigenvalue weighted by atomic mass is 9.95. The Hall–Kier alpha value is -3.54. The predicted octanol–water partition coefficient (Wildman–Crippen LogP) is 4.80. The number of aromatic nitrogens is 1. The van der Waals surface area contributed by atoms with E-state index >= 15 is 0 Å². The van der Waals surface area contributed by atoms with Crippen LogP contribution in [0.2, 0.25) is 0 Å². The first kappa shape index (κ1) is 21.7. The molecular weight excluding hydrogens is 404 g/mol. The number of aliphatic hydroxyl groups excluding tert-OH is 1. The van der Waals surface area contributed by atoms with Crippen molar-refractivity contribution < 1.29 is 19.4 Å². The summed E-state index contributed by atoms with van der Waals surface area (Å²) in [7, 11) is 1.94. The third-order valence-electron chi connectivity index (χ3n) is 5.95. The van der Waals surface area contributed by atoms with Gasteiger partial charge in [0.1, 0.15) is 11.5 Å². The predicted molar refractivity (Wildman–Crippen MR) is 124 cm³/mol. The molecule has 1 aromatic heterocycles. The highest BCUT2D eigenvalue weighted by atomic mass is 16.5. The second kappa shape index (κ2) is 8.91. The number of aliphatic hydroxyl groups is 1. The van der Waals surface area contributed by atoms with Crippen LogP contribution in [0.15, 0.2) is 60.3 Å². The van der Waals surface area contributed by atoms with Crippen molar-refractivity contribution in [1.29, 1.82) is 0 Å². The second-order valence-electron chi connectivity index (χ2n) is 8.02. The molecule has 0 aliphatic carbocycles. The molecule has 2 aromatic carbocycles. The zero-order valence-corrected chi connectivity index (χ0v) is 18.7. The minimum atomic E-state index is -0.648. The maximum Gasteiger partial charge on any atom is 0.295 e. The smallest absolute Gasteiger partial charge is 0.295 e. The number of carbonyl (C=O) groups excluding carboxylic acids is 2. The van der Waals surface area contributed by atoms with Crippen LogP contribution in [-0.2, 0) is 16.6 Å². The number of amides is 1. The summed E-state index contributed by atoms with van der Waals surface area (Å²) in [4.78, 5) is 27.8. The van der Waals surface area contributed by atoms with Crippen LogP contribution in [0.4, 0.5) is 0 Å². The highest BCUT2D eigenvalue weighted by Gasteiger charge is 2.46. The summed E-state index contributed by atoms with van der Waals surface area (Å²) in [5, 5.41) is 12.2. The van der Waals surface area contributed by atoms with Gasteiger partial charge in [0, 0.05) is 41.8 Å². The van der Waals surface area contributed by atoms with Crippen molar-refractivity contribution >= 4 is 28.4 Å². The van der Waals surface area contributed by atoms with E-state index < -0.39 is 17.7 Å². The molecule has 1 amide bonds. The van der Waals surface area contributed by atoms with E-state index in [1.165, 1.54) is 0 Å². The lowest BCUT2D eigenvalue weighted by molar-refractivity contribution is -0.139. The fourth-order valence-electron chi connectivity index (χ4n) is 4.38. The van der Waals surface area contributed by atoms with E-state index in [4.69, 9.17) is 4.74 Å². The van der Waals surface area contributed by atoms with Gasteiger partial charge in [-0.1, -0.05) is 31.5 Å². The fraction of sp³-hybridized carbons (Fsp3) is 0.308. The Labute approximate surface area is 187 Å². The number of ketones is 1. The van der Waals surface area contributed by atoms with Crippen LogP contribution in [-0.4, -0.2) is 39.4 Å². The number of nitrogens with zero attached hydrogens (tertiary/aromatic N) is 2. The van der Waals surface area contributed by atoms with Gasteiger partial charge in [0.15, 0.2) is 0 Å². The fourth-order valence-corrected chi connectivity index (χ4v) is 4.38. The molecule has 1 aliphatic heterocycles. The Morgan fingerprint density at radius 1 is 1.06 bits per heavy atom. The molecule has 0 radical (unpaired) electrons. The van der Waals surface area contributed by atoms with Crippen molar-refractivity contribution in [3.05, 3.63) is 71.4 Å². The normalized spacial score (nSPS) is 18.0. The molecular formula is C26H28N2O4. The molecule has 32 heavy (non-hydrogen) atoms. The van der Waals surface area contributed by atoms with Crippen LogP contribution in [0, 0.1) is 0 Å². The van der Waals surface area contributed by atoms with Gasteiger partial charge in [-0.15, -0.1) is 0 Å². The number of benzene rings is 2. The lowest BCUT2D eigenvalue weighted by Gasteiger charge is -2.24. The van der Waals surface area contributed by atoms with E-state index in [9.17, 15) is 14.7 Å². The molecule has 2 heterocycles. The van der Waals surface area contributed by atoms with Crippen molar-refractivity contribution in [3.63, 3.8) is 0 Å². The van der Waals surface area contributed by atoms with Gasteiger partial charge < -0.3 is 19.3 Å². The van der Waals surface area contributed by atoms with E-state index in [1.807, 2.05) is 55.9 Å². The molecule has 0 bridgehead atoms. The SMILES string of the molecule is CCCCN1C(=O)C(=O)/C(=C(/O)c2ccc(OCC)cc2)C1c1cn(C)c2ccccc12. The lowest BCUT2D eigenvalue weighted by Crippen LogP contribution is -2.30. The quantitative estimate of drug-likeness (QED) is 0.331. The Morgan fingerprint density at radius 3 is 2.47 bits per heavy atom. The highest BCUT2D eigenvalue weighted by molar-refractivity contribution is 6.46. The summed E-state index contributed by atoms with van der Waals surface area (Å²) >= 11 is 0. The minimum absolute atomic E-state index is 0.131. The van der Waals surface area contributed by atoms with E-state index in [0.717, 1.165) is 29.3 Å². The van der Waals surface area contributed by atoms with Crippen molar-refractivity contribution in [2.24, 2.45) is 7.05 Å². The highest BCUT2D eigenvalue weighted by Crippen LogP contribution is 2.42. The average molecular weight is 433 g/mol. The first-order valence-electron chi connectivity index (χ1n) is 11.0. The number of carbonyl (C=O) groups is 2. The van der Waals surface area contributed by atoms with Crippen LogP contribution in [0.3, 0.4) is 0 Å². The van der Waals surface area contributed by atoms with E-state index in [1.54, 1.807) is 29.2 Å². The van der Waals surface area contributed by atoms with Crippen molar-refractivity contribution in [3.8, 4) is 5.75 Å². The monoisotopic (exact) mass is 432 g/mol. The maximum atomic E-state index is 13.1. The molecule has 3 aromatic rings. The number of unbranched alkanes of at least 4 members (excludes halogenated alkanes) is 1. The van der Waals surface area contributed by atoms with Crippen molar-refractivity contribution in [1.82, 2.24) is 9.47 Å². The molecule has 4 rings (SSSR count). The van der Waals surface area contributed by atoms with Gasteiger partial charge in [-0.2, -0.15) is 0 Å². The standard InChI is InChI=1S/C26H28N2O4/c1-4-6-15-28-23(20-16-27(3)21-10-8-7-9-19(20)21)22(25(30)26(28)31)24(29)17-11-13-18(14-12-17)32-5-2/h7-14,16,23,29H,4-6,15H2,1-3H3/b24-22+. The summed E-state index contributed by atoms with van der Waals surface area (Å²) in [5.74, 6) is -0.698. The summed E-state index contributed by atoms with van der Waals surface area (Å²) in [6.07, 6.45) is 3.62. The first-order chi connectivity index (χ1) is 15.5. The molecule has 1 atom stereocenters. The maximum absolute atomic E-state index is 13.1. The average Bonchev–Trinajstić information content (AvgIpc) is 3.26. The number of hydrogen-bond acceptors (Lipinski definition) is 4. The van der Waals surface area contributed by atoms with Gasteiger partial charge in [0.25, 0.3) is 11.7 Å². The van der Waals surface area contributed by atoms with Crippen LogP contribution in [0.1, 0.15) is 43.9 Å². The van der Waals surface area contributed by atoms with E-state index in [-0.39, 0.29) is 11.3 Å². The Kier molecular flexibility index (Phi) is 6.04. The third kappa shape index (κ3) is 3.66. The molecule has 1 N–H and O–H groups in total. The van der Waals surface area contributed by atoms with Gasteiger partial charge in [0.05, 0.1) is 18.2 Å². The number of ether oxygens (including phenoxy) is 1. The van der Waals surface area contributed by atoms with E-state index in [0.29, 0.717) is 24.5 Å². The molecule has 6 heteroatoms. The number of aryl methyl sites for hydroxylation is 1. The summed E-state index contributed by atoms with van der Waals surface area (Å²) in [6.45, 7) is 4.93. The molecule has 166 valence electrons. The molecule has 1 saturated heterocycles. The van der Waals surface area contributed by atoms with Gasteiger partial charge in [-0.05, 0) is 43.7 Å². The minimum Gasteiger partial charge on any atom is -0.507 e. The second-order valence-corrected chi connectivity index (χ2v) is 8.02. The number of hydrogen-bond donors (Lipinski definition) is 1. The zero-order chi connectivity index (χ0) is 22.8. The van der Waals surface area contributed by atoms with Gasteiger partial charge in [-0.25, -0.2) is 0 Å². The number of likely N-dealkylation sites (tertiary alicyclic amines) is 1. The summed E-state index contributed by atoms with van der Waals surface area (Å²) < 4.78 is 7.46. The first-order valence-corrected chi connectivity index (χ1v) is 11.0. The largest absolute Gasteiger partial charge is 0.507 e. The number of fused-ring (bicyclic) bond motifs is 1. The molecule has 1 unspecified atom stereocenters. The topological polar surface area (TPSA) is 71.8 Å². The van der Waals surface area contributed by atoms with Gasteiger partial charge in [-0.3, -0.25) is 9.59 Å². The third-order valence-corrected chi connectivity index (χ3v) is 5.95. The molecule has 0 saturated carbocycles. The molecule has 0 spiro atoms. The molecule has 1 aliphatic rings. The Bertz CT molecular complexity index is 1190. The van der Waals surface area contributed by atoms with Gasteiger partial charge >= 0.3 is 0 Å². The summed E-state index contributed by atoms with van der Waals surface area (Å²) in [6, 6.07) is 14.2. The summed E-state index contributed by atoms with van der Waals surface area (Å²) in [5.41, 5.74) is 2.45. The van der Waals surface area contributed by atoms with Crippen LogP contribution in [0.25, 0.3) is 16.7 Å². The molecule has 1 fully saturated rings. The number of Topliss-reactive ketones (excluding diaryl/α,β-unsaturated/α-hetero) is 1.